The zero-order valence-electron chi connectivity index (χ0n) is 20.1. The standard InChI is InChI=1S/C25H24F6N2O3S/c1-15-20(37-21(32-15)17-6-8-18(9-7-17)25(29,30)31)13-33(14-24(26,27)28)12-16-4-10-19(11-5-16)36-23(2,3)22(34)35/h4-11H,12-14H2,1-3H3,(H,34,35). The number of nitrogens with zero attached hydrogens (tertiary/aromatic N) is 2. The quantitative estimate of drug-likeness (QED) is 0.295. The van der Waals surface area contributed by atoms with Crippen molar-refractivity contribution in [3.8, 4) is 16.3 Å². The summed E-state index contributed by atoms with van der Waals surface area (Å²) in [5, 5.41) is 9.59. The number of rotatable bonds is 9. The highest BCUT2D eigenvalue weighted by Gasteiger charge is 2.32. The molecular formula is C25H24F6N2O3S. The van der Waals surface area contributed by atoms with Crippen LogP contribution in [-0.2, 0) is 24.1 Å². The molecule has 1 heterocycles. The van der Waals surface area contributed by atoms with Crippen LogP contribution >= 0.6 is 11.3 Å². The van der Waals surface area contributed by atoms with Crippen molar-refractivity contribution in [2.24, 2.45) is 0 Å². The van der Waals surface area contributed by atoms with Gasteiger partial charge in [0.1, 0.15) is 10.8 Å². The van der Waals surface area contributed by atoms with Crippen LogP contribution in [0.4, 0.5) is 26.3 Å². The topological polar surface area (TPSA) is 62.7 Å². The lowest BCUT2D eigenvalue weighted by Gasteiger charge is -2.24. The molecule has 0 atom stereocenters. The van der Waals surface area contributed by atoms with E-state index in [1.165, 1.54) is 43.0 Å². The van der Waals surface area contributed by atoms with Crippen LogP contribution in [0.15, 0.2) is 48.5 Å². The van der Waals surface area contributed by atoms with Gasteiger partial charge in [-0.2, -0.15) is 26.3 Å². The second-order valence-electron chi connectivity index (χ2n) is 8.92. The Bertz CT molecular complexity index is 1220. The summed E-state index contributed by atoms with van der Waals surface area (Å²) in [7, 11) is 0. The molecule has 5 nitrogen and oxygen atoms in total. The van der Waals surface area contributed by atoms with Crippen LogP contribution in [0.1, 0.15) is 35.5 Å². The van der Waals surface area contributed by atoms with E-state index >= 15 is 0 Å². The Morgan fingerprint density at radius 3 is 2.08 bits per heavy atom. The third-order valence-corrected chi connectivity index (χ3v) is 6.53. The second-order valence-corrected chi connectivity index (χ2v) is 10.0. The minimum absolute atomic E-state index is 0.0605. The van der Waals surface area contributed by atoms with Crippen LogP contribution in [0.2, 0.25) is 0 Å². The summed E-state index contributed by atoms with van der Waals surface area (Å²) in [5.41, 5.74) is -0.793. The molecule has 0 spiro atoms. The van der Waals surface area contributed by atoms with Crippen LogP contribution in [0.25, 0.3) is 10.6 Å². The Balaban J connectivity index is 1.77. The lowest BCUT2D eigenvalue weighted by atomic mass is 10.1. The molecule has 0 fully saturated rings. The first kappa shape index (κ1) is 28.5. The highest BCUT2D eigenvalue weighted by atomic mass is 32.1. The molecular weight excluding hydrogens is 522 g/mol. The van der Waals surface area contributed by atoms with Gasteiger partial charge >= 0.3 is 18.3 Å². The molecule has 1 aromatic heterocycles. The van der Waals surface area contributed by atoms with Crippen LogP contribution < -0.4 is 4.74 Å². The number of aromatic nitrogens is 1. The third-order valence-electron chi connectivity index (χ3n) is 5.34. The fourth-order valence-electron chi connectivity index (χ4n) is 3.38. The lowest BCUT2D eigenvalue weighted by Crippen LogP contribution is -2.37. The SMILES string of the molecule is Cc1nc(-c2ccc(C(F)(F)F)cc2)sc1CN(Cc1ccc(OC(C)(C)C(=O)O)cc1)CC(F)(F)F. The van der Waals surface area contributed by atoms with Gasteiger partial charge in [0.05, 0.1) is 17.8 Å². The van der Waals surface area contributed by atoms with Crippen molar-refractivity contribution in [1.29, 1.82) is 0 Å². The molecule has 0 aliphatic rings. The van der Waals surface area contributed by atoms with Gasteiger partial charge in [-0.1, -0.05) is 24.3 Å². The van der Waals surface area contributed by atoms with Crippen LogP contribution in [0.3, 0.4) is 0 Å². The van der Waals surface area contributed by atoms with Gasteiger partial charge < -0.3 is 9.84 Å². The summed E-state index contributed by atoms with van der Waals surface area (Å²) >= 11 is 1.13. The second kappa shape index (κ2) is 10.7. The molecule has 0 unspecified atom stereocenters. The number of benzene rings is 2. The van der Waals surface area contributed by atoms with Gasteiger partial charge in [0.2, 0.25) is 0 Å². The number of carboxylic acids is 1. The number of halogens is 6. The molecule has 3 aromatic rings. The monoisotopic (exact) mass is 546 g/mol. The minimum atomic E-state index is -4.47. The number of aryl methyl sites for hydroxylation is 1. The van der Waals surface area contributed by atoms with Crippen molar-refractivity contribution in [2.75, 3.05) is 6.54 Å². The van der Waals surface area contributed by atoms with Gasteiger partial charge in [0, 0.05) is 23.5 Å². The van der Waals surface area contributed by atoms with E-state index in [1.54, 1.807) is 19.1 Å². The fourth-order valence-corrected chi connectivity index (χ4v) is 4.49. The van der Waals surface area contributed by atoms with E-state index in [4.69, 9.17) is 4.74 Å². The van der Waals surface area contributed by atoms with E-state index in [2.05, 4.69) is 4.98 Å². The summed E-state index contributed by atoms with van der Waals surface area (Å²) < 4.78 is 83.9. The summed E-state index contributed by atoms with van der Waals surface area (Å²) in [5.74, 6) is -0.901. The fraction of sp³-hybridized carbons (Fsp3) is 0.360. The molecule has 0 saturated heterocycles. The molecule has 2 aromatic carbocycles. The van der Waals surface area contributed by atoms with E-state index in [1.807, 2.05) is 0 Å². The highest BCUT2D eigenvalue weighted by molar-refractivity contribution is 7.15. The summed E-state index contributed by atoms with van der Waals surface area (Å²) in [6.07, 6.45) is -8.94. The lowest BCUT2D eigenvalue weighted by molar-refractivity contribution is -0.152. The first-order valence-electron chi connectivity index (χ1n) is 11.0. The Morgan fingerprint density at radius 2 is 1.57 bits per heavy atom. The normalized spacial score (nSPS) is 12.7. The molecule has 200 valence electrons. The van der Waals surface area contributed by atoms with E-state index in [0.717, 1.165) is 23.5 Å². The number of carbonyl (C=O) groups is 1. The van der Waals surface area contributed by atoms with Gasteiger partial charge in [-0.3, -0.25) is 4.90 Å². The zero-order valence-corrected chi connectivity index (χ0v) is 20.9. The largest absolute Gasteiger partial charge is 0.478 e. The average molecular weight is 547 g/mol. The number of hydrogen-bond donors (Lipinski definition) is 1. The van der Waals surface area contributed by atoms with E-state index in [-0.39, 0.29) is 18.8 Å². The van der Waals surface area contributed by atoms with Crippen molar-refractivity contribution in [2.45, 2.75) is 51.8 Å². The Labute approximate surface area is 213 Å². The first-order chi connectivity index (χ1) is 17.0. The number of ether oxygens (including phenoxy) is 1. The summed E-state index contributed by atoms with van der Waals surface area (Å²) in [6.45, 7) is 3.07. The number of alkyl halides is 6. The Hall–Kier alpha value is -3.12. The van der Waals surface area contributed by atoms with Gasteiger partial charge in [0.25, 0.3) is 0 Å². The van der Waals surface area contributed by atoms with Gasteiger partial charge in [0.15, 0.2) is 5.60 Å². The minimum Gasteiger partial charge on any atom is -0.478 e. The van der Waals surface area contributed by atoms with Crippen molar-refractivity contribution >= 4 is 17.3 Å². The molecule has 12 heteroatoms. The summed E-state index contributed by atoms with van der Waals surface area (Å²) in [4.78, 5) is 17.3. The van der Waals surface area contributed by atoms with Gasteiger partial charge in [-0.05, 0) is 50.6 Å². The molecule has 0 bridgehead atoms. The predicted octanol–water partition coefficient (Wildman–Crippen LogP) is 6.94. The smallest absolute Gasteiger partial charge is 0.416 e. The molecule has 37 heavy (non-hydrogen) atoms. The van der Waals surface area contributed by atoms with Crippen molar-refractivity contribution in [1.82, 2.24) is 9.88 Å². The van der Waals surface area contributed by atoms with E-state index in [0.29, 0.717) is 26.7 Å². The van der Waals surface area contributed by atoms with Crippen LogP contribution in [-0.4, -0.2) is 39.3 Å². The highest BCUT2D eigenvalue weighted by Crippen LogP contribution is 2.34. The zero-order chi connectivity index (χ0) is 27.6. The Kier molecular flexibility index (Phi) is 8.23. The predicted molar refractivity (Wildman–Crippen MR) is 126 cm³/mol. The van der Waals surface area contributed by atoms with Crippen LogP contribution in [0.5, 0.6) is 5.75 Å². The maximum Gasteiger partial charge on any atom is 0.416 e. The summed E-state index contributed by atoms with van der Waals surface area (Å²) in [6, 6.07) is 10.5. The number of carboxylic acid groups (broad SMARTS) is 1. The van der Waals surface area contributed by atoms with Crippen molar-refractivity contribution in [3.63, 3.8) is 0 Å². The van der Waals surface area contributed by atoms with E-state index < -0.39 is 36.0 Å². The number of aliphatic carboxylic acids is 1. The van der Waals surface area contributed by atoms with Crippen molar-refractivity contribution in [3.05, 3.63) is 70.2 Å². The molecule has 3 rings (SSSR count). The maximum atomic E-state index is 13.3. The van der Waals surface area contributed by atoms with Gasteiger partial charge in [-0.25, -0.2) is 9.78 Å². The molecule has 0 amide bonds. The van der Waals surface area contributed by atoms with Crippen LogP contribution in [0, 0.1) is 6.92 Å². The molecule has 1 N–H and O–H groups in total. The number of thiazole rings is 1. The average Bonchev–Trinajstić information content (AvgIpc) is 3.13. The van der Waals surface area contributed by atoms with Gasteiger partial charge in [-0.15, -0.1) is 11.3 Å². The van der Waals surface area contributed by atoms with E-state index in [9.17, 15) is 36.2 Å². The first-order valence-corrected chi connectivity index (χ1v) is 11.8. The third kappa shape index (κ3) is 7.93. The molecule has 0 saturated carbocycles. The Morgan fingerprint density at radius 1 is 0.973 bits per heavy atom. The molecule has 0 aliphatic carbocycles. The maximum absolute atomic E-state index is 13.3. The number of hydrogen-bond acceptors (Lipinski definition) is 5. The molecule has 0 aliphatic heterocycles. The van der Waals surface area contributed by atoms with Crippen molar-refractivity contribution < 1.29 is 41.0 Å². The molecule has 0 radical (unpaired) electrons.